The molecule has 1 fully saturated rings. The first kappa shape index (κ1) is 18.0. The molecule has 0 radical (unpaired) electrons. The second kappa shape index (κ2) is 6.08. The van der Waals surface area contributed by atoms with Crippen LogP contribution >= 0.6 is 0 Å². The van der Waals surface area contributed by atoms with Crippen molar-refractivity contribution < 1.29 is 23.6 Å². The van der Waals surface area contributed by atoms with E-state index < -0.39 is 12.1 Å². The van der Waals surface area contributed by atoms with Gasteiger partial charge in [0.1, 0.15) is 22.8 Å². The highest BCUT2D eigenvalue weighted by Crippen LogP contribution is 2.36. The molecule has 0 aliphatic carbocycles. The first-order chi connectivity index (χ1) is 13.3. The SMILES string of the molecule is COc1ccc(-n2c(C)c(C)[n+]3c2N=C2C3C(=O)N(C)C(=O)N2C)c(OC)c1. The molecular weight excluding hydrogens is 362 g/mol. The average Bonchev–Trinajstić information content (AvgIpc) is 3.20. The van der Waals surface area contributed by atoms with Gasteiger partial charge >= 0.3 is 12.0 Å². The molecule has 0 saturated carbocycles. The Balaban J connectivity index is 1.97. The number of fused-ring (bicyclic) bond motifs is 3. The van der Waals surface area contributed by atoms with E-state index in [2.05, 4.69) is 4.99 Å². The number of amides is 3. The van der Waals surface area contributed by atoms with Gasteiger partial charge in [0, 0.05) is 20.2 Å². The van der Waals surface area contributed by atoms with Crippen LogP contribution in [0.3, 0.4) is 0 Å². The molecule has 1 aromatic heterocycles. The number of carbonyl (C=O) groups excluding carboxylic acids is 2. The number of imide groups is 1. The normalized spacial score (nSPS) is 18.2. The Morgan fingerprint density at radius 3 is 2.43 bits per heavy atom. The number of nitrogens with zero attached hydrogens (tertiary/aromatic N) is 5. The average molecular weight is 384 g/mol. The monoisotopic (exact) mass is 384 g/mol. The van der Waals surface area contributed by atoms with Crippen molar-refractivity contribution in [3.63, 3.8) is 0 Å². The Labute approximate surface area is 162 Å². The Morgan fingerprint density at radius 1 is 1.07 bits per heavy atom. The lowest BCUT2D eigenvalue weighted by molar-refractivity contribution is -0.682. The Hall–Kier alpha value is -3.36. The molecule has 2 aliphatic rings. The number of methoxy groups -OCH3 is 2. The van der Waals surface area contributed by atoms with Crippen molar-refractivity contribution in [2.24, 2.45) is 4.99 Å². The molecule has 1 atom stereocenters. The lowest BCUT2D eigenvalue weighted by Crippen LogP contribution is -2.62. The fourth-order valence-electron chi connectivity index (χ4n) is 3.77. The van der Waals surface area contributed by atoms with Gasteiger partial charge in [-0.3, -0.25) is 14.6 Å². The van der Waals surface area contributed by atoms with Gasteiger partial charge < -0.3 is 9.47 Å². The van der Waals surface area contributed by atoms with Crippen LogP contribution in [0.5, 0.6) is 11.5 Å². The van der Waals surface area contributed by atoms with Gasteiger partial charge in [0.15, 0.2) is 5.75 Å². The van der Waals surface area contributed by atoms with E-state index in [1.807, 2.05) is 35.1 Å². The molecular formula is C19H22N5O4+. The molecule has 0 N–H and O–H groups in total. The molecule has 3 heterocycles. The quantitative estimate of drug-likeness (QED) is 0.752. The van der Waals surface area contributed by atoms with Crippen LogP contribution in [0.15, 0.2) is 23.2 Å². The largest absolute Gasteiger partial charge is 0.497 e. The lowest BCUT2D eigenvalue weighted by Gasteiger charge is -2.30. The number of imidazole rings is 1. The first-order valence-corrected chi connectivity index (χ1v) is 8.81. The number of carbonyl (C=O) groups is 2. The van der Waals surface area contributed by atoms with Crippen LogP contribution in [-0.4, -0.2) is 60.5 Å². The second-order valence-electron chi connectivity index (χ2n) is 6.83. The summed E-state index contributed by atoms with van der Waals surface area (Å²) in [7, 11) is 6.30. The second-order valence-corrected chi connectivity index (χ2v) is 6.83. The van der Waals surface area contributed by atoms with Crippen LogP contribution in [-0.2, 0) is 4.79 Å². The van der Waals surface area contributed by atoms with Crippen LogP contribution in [0.4, 0.5) is 10.7 Å². The highest BCUT2D eigenvalue weighted by atomic mass is 16.5. The fourth-order valence-corrected chi connectivity index (χ4v) is 3.77. The Bertz CT molecular complexity index is 1060. The van der Waals surface area contributed by atoms with Crippen LogP contribution in [0.1, 0.15) is 17.4 Å². The highest BCUT2D eigenvalue weighted by Gasteiger charge is 2.53. The number of aliphatic imine (C=N–C) groups is 1. The molecule has 146 valence electrons. The standard InChI is InChI=1S/C19H22N5O4/c1-10-11(2)24-15-16(21(3)19(26)22(4)17(15)25)20-18(24)23(10)13-8-7-12(27-5)9-14(13)28-6/h7-9,15H,1-6H3/q+1. The van der Waals surface area contributed by atoms with Gasteiger partial charge in [-0.2, -0.15) is 4.57 Å². The molecule has 3 amide bonds. The molecule has 1 unspecified atom stereocenters. The maximum atomic E-state index is 12.9. The molecule has 9 heteroatoms. The van der Waals surface area contributed by atoms with Crippen LogP contribution in [0.2, 0.25) is 0 Å². The zero-order chi connectivity index (χ0) is 20.3. The number of urea groups is 1. The minimum absolute atomic E-state index is 0.299. The van der Waals surface area contributed by atoms with E-state index in [0.717, 1.165) is 22.0 Å². The molecule has 0 bridgehead atoms. The summed E-state index contributed by atoms with van der Waals surface area (Å²) < 4.78 is 14.7. The number of hydrogen-bond donors (Lipinski definition) is 0. The molecule has 9 nitrogen and oxygen atoms in total. The van der Waals surface area contributed by atoms with Crippen molar-refractivity contribution in [1.29, 1.82) is 0 Å². The van der Waals surface area contributed by atoms with Crippen LogP contribution in [0.25, 0.3) is 5.69 Å². The number of benzene rings is 1. The Morgan fingerprint density at radius 2 is 1.79 bits per heavy atom. The van der Waals surface area contributed by atoms with Gasteiger partial charge in [-0.25, -0.2) is 9.36 Å². The van der Waals surface area contributed by atoms with Crippen molar-refractivity contribution in [3.8, 4) is 17.2 Å². The molecule has 1 saturated heterocycles. The summed E-state index contributed by atoms with van der Waals surface area (Å²) in [5, 5.41) is 0. The molecule has 0 spiro atoms. The minimum atomic E-state index is -0.660. The Kier molecular flexibility index (Phi) is 3.91. The van der Waals surface area contributed by atoms with E-state index in [1.54, 1.807) is 27.3 Å². The van der Waals surface area contributed by atoms with Crippen LogP contribution in [0, 0.1) is 13.8 Å². The maximum absolute atomic E-state index is 12.9. The zero-order valence-corrected chi connectivity index (χ0v) is 16.7. The summed E-state index contributed by atoms with van der Waals surface area (Å²) in [6.07, 6.45) is 0. The summed E-state index contributed by atoms with van der Waals surface area (Å²) in [5.41, 5.74) is 2.59. The fraction of sp³-hybridized carbons (Fsp3) is 0.368. The third-order valence-electron chi connectivity index (χ3n) is 5.46. The summed E-state index contributed by atoms with van der Waals surface area (Å²) in [6, 6.07) is 4.47. The number of ether oxygens (including phenoxy) is 2. The highest BCUT2D eigenvalue weighted by molar-refractivity contribution is 6.18. The predicted molar refractivity (Wildman–Crippen MR) is 101 cm³/mol. The van der Waals surface area contributed by atoms with E-state index in [9.17, 15) is 9.59 Å². The third kappa shape index (κ3) is 2.19. The molecule has 1 aromatic carbocycles. The van der Waals surface area contributed by atoms with Crippen molar-refractivity contribution in [2.75, 3.05) is 28.3 Å². The van der Waals surface area contributed by atoms with Gasteiger partial charge in [-0.1, -0.05) is 4.99 Å². The topological polar surface area (TPSA) is 80.2 Å². The van der Waals surface area contributed by atoms with E-state index in [1.165, 1.54) is 11.9 Å². The van der Waals surface area contributed by atoms with E-state index in [4.69, 9.17) is 9.47 Å². The van der Waals surface area contributed by atoms with Gasteiger partial charge in [-0.05, 0) is 26.0 Å². The molecule has 28 heavy (non-hydrogen) atoms. The van der Waals surface area contributed by atoms with Gasteiger partial charge in [-0.15, -0.1) is 0 Å². The van der Waals surface area contributed by atoms with Crippen molar-refractivity contribution >= 4 is 23.7 Å². The third-order valence-corrected chi connectivity index (χ3v) is 5.46. The van der Waals surface area contributed by atoms with E-state index in [-0.39, 0.29) is 5.91 Å². The smallest absolute Gasteiger partial charge is 0.407 e. The van der Waals surface area contributed by atoms with Crippen LogP contribution < -0.4 is 14.0 Å². The van der Waals surface area contributed by atoms with Crippen molar-refractivity contribution in [3.05, 3.63) is 29.6 Å². The molecule has 4 rings (SSSR count). The summed E-state index contributed by atoms with van der Waals surface area (Å²) in [5.74, 6) is 1.99. The number of likely N-dealkylation sites (N-methyl/N-ethyl adjacent to an activating group) is 2. The zero-order valence-electron chi connectivity index (χ0n) is 16.7. The number of hydrogen-bond acceptors (Lipinski definition) is 5. The first-order valence-electron chi connectivity index (χ1n) is 8.81. The molecule has 2 aromatic rings. The van der Waals surface area contributed by atoms with Gasteiger partial charge in [0.2, 0.25) is 11.9 Å². The minimum Gasteiger partial charge on any atom is -0.497 e. The summed E-state index contributed by atoms with van der Waals surface area (Å²) in [4.78, 5) is 32.4. The lowest BCUT2D eigenvalue weighted by atomic mass is 10.1. The van der Waals surface area contributed by atoms with E-state index >= 15 is 0 Å². The summed E-state index contributed by atoms with van der Waals surface area (Å²) >= 11 is 0. The predicted octanol–water partition coefficient (Wildman–Crippen LogP) is 1.51. The maximum Gasteiger partial charge on any atom is 0.407 e. The van der Waals surface area contributed by atoms with E-state index in [0.29, 0.717) is 23.3 Å². The summed E-state index contributed by atoms with van der Waals surface area (Å²) in [6.45, 7) is 3.90. The van der Waals surface area contributed by atoms with Crippen molar-refractivity contribution in [1.82, 2.24) is 14.4 Å². The number of amidine groups is 1. The van der Waals surface area contributed by atoms with Gasteiger partial charge in [0.25, 0.3) is 5.91 Å². The molecule has 2 aliphatic heterocycles. The van der Waals surface area contributed by atoms with Gasteiger partial charge in [0.05, 0.1) is 14.2 Å². The number of aromatic nitrogens is 2. The number of rotatable bonds is 3. The van der Waals surface area contributed by atoms with Crippen molar-refractivity contribution in [2.45, 2.75) is 19.9 Å².